The normalized spacial score (nSPS) is 14.0. The number of carbonyl (C=O) groups excluding carboxylic acids is 3. The maximum absolute atomic E-state index is 13.5. The summed E-state index contributed by atoms with van der Waals surface area (Å²) in [6, 6.07) is 18.1. The van der Waals surface area contributed by atoms with Gasteiger partial charge in [-0.2, -0.15) is 4.98 Å². The molecule has 0 spiro atoms. The Kier molecular flexibility index (Phi) is 10.4. The van der Waals surface area contributed by atoms with E-state index < -0.39 is 30.0 Å². The molecular weight excluding hydrogens is 546 g/mol. The molecule has 13 nitrogen and oxygen atoms in total. The van der Waals surface area contributed by atoms with E-state index in [1.54, 1.807) is 55.5 Å². The van der Waals surface area contributed by atoms with Crippen molar-refractivity contribution in [2.24, 2.45) is 0 Å². The van der Waals surface area contributed by atoms with Crippen molar-refractivity contribution in [2.75, 3.05) is 32.8 Å². The average molecular weight is 578 g/mol. The molecule has 2 N–H and O–H groups in total. The number of ether oxygens (including phenoxy) is 2. The fourth-order valence-corrected chi connectivity index (χ4v) is 4.15. The Labute approximate surface area is 242 Å². The second-order valence-corrected chi connectivity index (χ2v) is 9.18. The van der Waals surface area contributed by atoms with Crippen LogP contribution in [-0.2, 0) is 19.2 Å². The molecule has 1 aromatic heterocycles. The second kappa shape index (κ2) is 14.6. The first-order chi connectivity index (χ1) is 20.3. The highest BCUT2D eigenvalue weighted by Gasteiger charge is 2.31. The van der Waals surface area contributed by atoms with Gasteiger partial charge in [-0.3, -0.25) is 14.4 Å². The number of aromatic nitrogens is 2. The molecule has 1 atom stereocenters. The molecular formula is C29H31N5O8. The van der Waals surface area contributed by atoms with E-state index in [9.17, 15) is 24.3 Å². The third kappa shape index (κ3) is 8.48. The van der Waals surface area contributed by atoms with Gasteiger partial charge in [-0.25, -0.2) is 9.78 Å². The van der Waals surface area contributed by atoms with Crippen molar-refractivity contribution in [3.63, 3.8) is 0 Å². The van der Waals surface area contributed by atoms with E-state index >= 15 is 0 Å². The minimum Gasteiger partial charge on any atom is -0.481 e. The predicted molar refractivity (Wildman–Crippen MR) is 148 cm³/mol. The van der Waals surface area contributed by atoms with Crippen LogP contribution in [0.5, 0.6) is 11.6 Å². The van der Waals surface area contributed by atoms with E-state index in [2.05, 4.69) is 15.3 Å². The Bertz CT molecular complexity index is 1380. The van der Waals surface area contributed by atoms with E-state index in [1.165, 1.54) is 16.0 Å². The monoisotopic (exact) mass is 577 g/mol. The van der Waals surface area contributed by atoms with E-state index in [1.807, 2.05) is 12.1 Å². The molecule has 0 aliphatic carbocycles. The Morgan fingerprint density at radius 1 is 0.952 bits per heavy atom. The van der Waals surface area contributed by atoms with Crippen molar-refractivity contribution in [1.29, 1.82) is 0 Å². The van der Waals surface area contributed by atoms with Gasteiger partial charge in [0.2, 0.25) is 11.8 Å². The Morgan fingerprint density at radius 3 is 2.26 bits per heavy atom. The van der Waals surface area contributed by atoms with Crippen molar-refractivity contribution in [3.05, 3.63) is 72.4 Å². The summed E-state index contributed by atoms with van der Waals surface area (Å²) in [5.41, 5.74) is 0.585. The number of carboxylic acid groups (broad SMARTS) is 1. The summed E-state index contributed by atoms with van der Waals surface area (Å²) in [7, 11) is 0. The van der Waals surface area contributed by atoms with E-state index in [-0.39, 0.29) is 63.0 Å². The number of hydrogen-bond acceptors (Lipinski definition) is 10. The number of aliphatic carboxylic acids is 1. The first kappa shape index (κ1) is 29.9. The Hall–Kier alpha value is -5.04. The predicted octanol–water partition coefficient (Wildman–Crippen LogP) is 3.13. The summed E-state index contributed by atoms with van der Waals surface area (Å²) < 4.78 is 10.6. The van der Waals surface area contributed by atoms with Gasteiger partial charge < -0.3 is 29.6 Å². The van der Waals surface area contributed by atoms with Crippen molar-refractivity contribution in [3.8, 4) is 23.0 Å². The topological polar surface area (TPSA) is 160 Å². The van der Waals surface area contributed by atoms with E-state index in [0.717, 1.165) is 0 Å². The van der Waals surface area contributed by atoms with Crippen LogP contribution in [0.1, 0.15) is 30.3 Å². The fourth-order valence-electron chi connectivity index (χ4n) is 4.15. The third-order valence-electron chi connectivity index (χ3n) is 6.20. The van der Waals surface area contributed by atoms with Crippen LogP contribution in [0.25, 0.3) is 11.4 Å². The molecule has 2 amide bonds. The van der Waals surface area contributed by atoms with Crippen LogP contribution in [-0.4, -0.2) is 87.8 Å². The van der Waals surface area contributed by atoms with Crippen LogP contribution in [0.2, 0.25) is 0 Å². The number of nitrogens with zero attached hydrogens (tertiary/aromatic N) is 4. The number of carboxylic acids is 1. The van der Waals surface area contributed by atoms with Crippen LogP contribution in [0.4, 0.5) is 4.79 Å². The van der Waals surface area contributed by atoms with Gasteiger partial charge in [0.15, 0.2) is 5.82 Å². The van der Waals surface area contributed by atoms with Crippen molar-refractivity contribution in [1.82, 2.24) is 25.2 Å². The van der Waals surface area contributed by atoms with Gasteiger partial charge in [-0.1, -0.05) is 48.5 Å². The molecule has 0 saturated carbocycles. The maximum atomic E-state index is 13.5. The van der Waals surface area contributed by atoms with Gasteiger partial charge in [0.1, 0.15) is 17.5 Å². The molecule has 1 aliphatic rings. The smallest absolute Gasteiger partial charge is 0.481 e. The van der Waals surface area contributed by atoms with Crippen LogP contribution in [0, 0.1) is 0 Å². The van der Waals surface area contributed by atoms with Crippen LogP contribution >= 0.6 is 0 Å². The fraction of sp³-hybridized carbons (Fsp3) is 0.310. The molecule has 13 heteroatoms. The molecule has 0 bridgehead atoms. The maximum Gasteiger partial charge on any atom is 0.527 e. The van der Waals surface area contributed by atoms with Gasteiger partial charge in [0, 0.05) is 31.1 Å². The average Bonchev–Trinajstić information content (AvgIpc) is 3.00. The van der Waals surface area contributed by atoms with Crippen molar-refractivity contribution < 1.29 is 38.6 Å². The van der Waals surface area contributed by atoms with Crippen molar-refractivity contribution >= 4 is 23.9 Å². The highest BCUT2D eigenvalue weighted by Crippen LogP contribution is 2.24. The number of para-hydroxylation sites is 1. The quantitative estimate of drug-likeness (QED) is 0.322. The molecule has 2 heterocycles. The van der Waals surface area contributed by atoms with E-state index in [0.29, 0.717) is 11.3 Å². The molecule has 0 unspecified atom stereocenters. The number of nitrogens with one attached hydrogen (secondary N) is 1. The van der Waals surface area contributed by atoms with Crippen LogP contribution in [0.3, 0.4) is 0 Å². The molecule has 3 aromatic rings. The van der Waals surface area contributed by atoms with Gasteiger partial charge in [0.05, 0.1) is 19.7 Å². The highest BCUT2D eigenvalue weighted by molar-refractivity contribution is 5.96. The third-order valence-corrected chi connectivity index (χ3v) is 6.20. The number of carbonyl (C=O) groups is 4. The largest absolute Gasteiger partial charge is 0.527 e. The second-order valence-electron chi connectivity index (χ2n) is 9.18. The van der Waals surface area contributed by atoms with Gasteiger partial charge in [-0.05, 0) is 25.5 Å². The minimum absolute atomic E-state index is 0.0597. The number of rotatable bonds is 11. The summed E-state index contributed by atoms with van der Waals surface area (Å²) >= 11 is 0. The summed E-state index contributed by atoms with van der Waals surface area (Å²) in [6.45, 7) is 2.65. The lowest BCUT2D eigenvalue weighted by Crippen LogP contribution is -2.55. The number of piperazine rings is 1. The van der Waals surface area contributed by atoms with Gasteiger partial charge in [-0.15, -0.1) is 5.06 Å². The minimum atomic E-state index is -1.14. The van der Waals surface area contributed by atoms with Crippen LogP contribution in [0.15, 0.2) is 66.7 Å². The number of hydroxylamine groups is 2. The molecule has 42 heavy (non-hydrogen) atoms. The Balaban J connectivity index is 1.52. The van der Waals surface area contributed by atoms with E-state index in [4.69, 9.17) is 14.3 Å². The summed E-state index contributed by atoms with van der Waals surface area (Å²) in [5, 5.41) is 13.3. The van der Waals surface area contributed by atoms with Gasteiger partial charge >= 0.3 is 12.1 Å². The summed E-state index contributed by atoms with van der Waals surface area (Å²) in [6.07, 6.45) is -1.31. The summed E-state index contributed by atoms with van der Waals surface area (Å²) in [4.78, 5) is 65.2. The molecule has 4 rings (SSSR count). The summed E-state index contributed by atoms with van der Waals surface area (Å²) in [5.74, 6) is -1.41. The number of benzene rings is 2. The first-order valence-corrected chi connectivity index (χ1v) is 13.4. The highest BCUT2D eigenvalue weighted by atomic mass is 16.8. The standard InChI is InChI=1S/C29H31N5O8/c1-2-40-29(39)42-34-17-15-33(16-18-34)28(38)22(13-14-25(35)36)31-27(37)23-19-24(41-21-11-7-4-8-12-21)32-26(30-23)20-9-5-3-6-10-20/h3-12,19,22H,2,13-18H2,1H3,(H,31,37)(H,35,36)/t22-/m0/s1. The lowest BCUT2D eigenvalue weighted by atomic mass is 10.1. The molecule has 0 radical (unpaired) electrons. The SMILES string of the molecule is CCOC(=O)ON1CCN(C(=O)[C@H](CCC(=O)O)NC(=O)c2cc(Oc3ccccc3)nc(-c3ccccc3)n2)CC1. The van der Waals surface area contributed by atoms with Gasteiger partial charge in [0.25, 0.3) is 5.91 Å². The zero-order valence-electron chi connectivity index (χ0n) is 23.0. The molecule has 1 fully saturated rings. The molecule has 1 saturated heterocycles. The van der Waals surface area contributed by atoms with Crippen molar-refractivity contribution in [2.45, 2.75) is 25.8 Å². The molecule has 1 aliphatic heterocycles. The number of hydrogen-bond donors (Lipinski definition) is 2. The van der Waals surface area contributed by atoms with Crippen LogP contribution < -0.4 is 10.1 Å². The Morgan fingerprint density at radius 2 is 1.62 bits per heavy atom. The lowest BCUT2D eigenvalue weighted by molar-refractivity contribution is -0.157. The molecule has 2 aromatic carbocycles. The molecule has 220 valence electrons. The number of amides is 2. The lowest BCUT2D eigenvalue weighted by Gasteiger charge is -2.35. The zero-order chi connectivity index (χ0) is 29.9. The zero-order valence-corrected chi connectivity index (χ0v) is 23.0. The first-order valence-electron chi connectivity index (χ1n) is 13.4.